The van der Waals surface area contributed by atoms with Gasteiger partial charge in [0, 0.05) is 48.0 Å². The summed E-state index contributed by atoms with van der Waals surface area (Å²) in [7, 11) is 1.96. The van der Waals surface area contributed by atoms with Crippen LogP contribution in [-0.2, 0) is 17.6 Å². The summed E-state index contributed by atoms with van der Waals surface area (Å²) in [6.45, 7) is 4.15. The van der Waals surface area contributed by atoms with E-state index in [-0.39, 0.29) is 11.8 Å². The van der Waals surface area contributed by atoms with Gasteiger partial charge in [0.1, 0.15) is 17.0 Å². The van der Waals surface area contributed by atoms with Crippen molar-refractivity contribution in [1.29, 1.82) is 0 Å². The number of fused-ring (bicyclic) bond motifs is 4. The number of rotatable bonds is 6. The summed E-state index contributed by atoms with van der Waals surface area (Å²) < 4.78 is 0. The van der Waals surface area contributed by atoms with Crippen molar-refractivity contribution in [2.24, 2.45) is 10.9 Å². The Morgan fingerprint density at radius 1 is 1.27 bits per heavy atom. The van der Waals surface area contributed by atoms with Gasteiger partial charge in [-0.2, -0.15) is 0 Å². The number of likely N-dealkylation sites (tertiary alicyclic amines) is 1. The number of nitrogens with one attached hydrogen (secondary N) is 1. The number of benzene rings is 1. The van der Waals surface area contributed by atoms with Gasteiger partial charge in [-0.3, -0.25) is 9.79 Å². The molecule has 3 aromatic rings. The smallest absolute Gasteiger partial charge is 0.225 e. The minimum Gasteiger partial charge on any atom is -0.344 e. The van der Waals surface area contributed by atoms with Gasteiger partial charge in [0.05, 0.1) is 10.7 Å². The van der Waals surface area contributed by atoms with E-state index in [1.54, 1.807) is 17.7 Å². The Labute approximate surface area is 196 Å². The minimum atomic E-state index is 0.0609. The number of nitrogens with zero attached hydrogens (tertiary/aromatic N) is 5. The molecule has 0 radical (unpaired) electrons. The molecule has 1 saturated heterocycles. The summed E-state index contributed by atoms with van der Waals surface area (Å²) >= 11 is 1.72. The number of carbonyl (C=O) groups excluding carboxylic acids is 1. The topological polar surface area (TPSA) is 73.7 Å². The molecule has 8 heteroatoms. The SMILES string of the molecule is CN(CCN1CCCC1)C(=O)C1CCc2c(sc3ncnc(Nc4ccc5c(c4)=CN=5)c23)C1. The van der Waals surface area contributed by atoms with E-state index in [1.807, 2.05) is 30.3 Å². The van der Waals surface area contributed by atoms with Crippen molar-refractivity contribution in [2.75, 3.05) is 38.5 Å². The number of thiophene rings is 1. The van der Waals surface area contributed by atoms with Crippen molar-refractivity contribution < 1.29 is 4.79 Å². The maximum Gasteiger partial charge on any atom is 0.225 e. The fourth-order valence-corrected chi connectivity index (χ4v) is 6.47. The van der Waals surface area contributed by atoms with Crippen LogP contribution in [0.15, 0.2) is 29.5 Å². The summed E-state index contributed by atoms with van der Waals surface area (Å²) in [5, 5.41) is 6.78. The lowest BCUT2D eigenvalue weighted by atomic mass is 9.87. The number of aromatic nitrogens is 2. The lowest BCUT2D eigenvalue weighted by molar-refractivity contribution is -0.134. The van der Waals surface area contributed by atoms with Crippen molar-refractivity contribution in [1.82, 2.24) is 19.8 Å². The molecule has 4 heterocycles. The maximum absolute atomic E-state index is 13.2. The fourth-order valence-electron chi connectivity index (χ4n) is 5.20. The molecule has 2 aromatic heterocycles. The van der Waals surface area contributed by atoms with Crippen LogP contribution in [0.3, 0.4) is 0 Å². The van der Waals surface area contributed by atoms with Gasteiger partial charge in [-0.15, -0.1) is 11.3 Å². The second-order valence-corrected chi connectivity index (χ2v) is 10.4. The zero-order valence-corrected chi connectivity index (χ0v) is 19.7. The minimum absolute atomic E-state index is 0.0609. The molecule has 33 heavy (non-hydrogen) atoms. The van der Waals surface area contributed by atoms with E-state index in [0.29, 0.717) is 0 Å². The number of likely N-dealkylation sites (N-methyl/N-ethyl adjacent to an activating group) is 1. The highest BCUT2D eigenvalue weighted by atomic mass is 32.1. The van der Waals surface area contributed by atoms with Crippen LogP contribution in [-0.4, -0.2) is 58.9 Å². The first-order chi connectivity index (χ1) is 16.2. The molecule has 3 aliphatic rings. The summed E-state index contributed by atoms with van der Waals surface area (Å²) in [5.74, 6) is 1.19. The second kappa shape index (κ2) is 8.50. The monoisotopic (exact) mass is 460 g/mol. The third-order valence-electron chi connectivity index (χ3n) is 7.15. The lowest BCUT2D eigenvalue weighted by Crippen LogP contribution is -2.39. The molecule has 0 bridgehead atoms. The lowest BCUT2D eigenvalue weighted by Gasteiger charge is -2.28. The Kier molecular flexibility index (Phi) is 5.34. The summed E-state index contributed by atoms with van der Waals surface area (Å²) in [6.07, 6.45) is 8.66. The Hall–Kier alpha value is -2.84. The van der Waals surface area contributed by atoms with Gasteiger partial charge in [0.2, 0.25) is 5.91 Å². The molecule has 1 fully saturated rings. The number of amides is 1. The summed E-state index contributed by atoms with van der Waals surface area (Å²) in [4.78, 5) is 33.2. The van der Waals surface area contributed by atoms with E-state index < -0.39 is 0 Å². The Morgan fingerprint density at radius 3 is 2.94 bits per heavy atom. The first-order valence-electron chi connectivity index (χ1n) is 11.8. The molecule has 1 unspecified atom stereocenters. The van der Waals surface area contributed by atoms with E-state index >= 15 is 0 Å². The van der Waals surface area contributed by atoms with Crippen LogP contribution < -0.4 is 15.9 Å². The van der Waals surface area contributed by atoms with Crippen LogP contribution in [0.25, 0.3) is 16.4 Å². The van der Waals surface area contributed by atoms with E-state index in [1.165, 1.54) is 36.4 Å². The molecule has 0 saturated carbocycles. The van der Waals surface area contributed by atoms with Gasteiger partial charge >= 0.3 is 0 Å². The predicted molar refractivity (Wildman–Crippen MR) is 131 cm³/mol. The van der Waals surface area contributed by atoms with Crippen molar-refractivity contribution >= 4 is 45.2 Å². The average Bonchev–Trinajstić information content (AvgIpc) is 3.46. The van der Waals surface area contributed by atoms with Crippen molar-refractivity contribution in [3.63, 3.8) is 0 Å². The van der Waals surface area contributed by atoms with Gasteiger partial charge < -0.3 is 15.1 Å². The van der Waals surface area contributed by atoms with Crippen LogP contribution in [0, 0.1) is 5.92 Å². The van der Waals surface area contributed by atoms with Gasteiger partial charge in [-0.1, -0.05) is 0 Å². The maximum atomic E-state index is 13.2. The molecule has 170 valence electrons. The highest BCUT2D eigenvalue weighted by Crippen LogP contribution is 2.40. The van der Waals surface area contributed by atoms with Crippen molar-refractivity contribution in [3.05, 3.63) is 45.5 Å². The highest BCUT2D eigenvalue weighted by molar-refractivity contribution is 7.19. The quantitative estimate of drug-likeness (QED) is 0.612. The molecule has 7 nitrogen and oxygen atoms in total. The van der Waals surface area contributed by atoms with E-state index in [4.69, 9.17) is 0 Å². The molecule has 2 aliphatic heterocycles. The first-order valence-corrected chi connectivity index (χ1v) is 12.6. The third-order valence-corrected chi connectivity index (χ3v) is 8.32. The largest absolute Gasteiger partial charge is 0.344 e. The average molecular weight is 461 g/mol. The second-order valence-electron chi connectivity index (χ2n) is 9.31. The molecule has 0 spiro atoms. The number of hydrogen-bond acceptors (Lipinski definition) is 7. The van der Waals surface area contributed by atoms with E-state index in [0.717, 1.165) is 64.6 Å². The number of carbonyl (C=O) groups is 1. The zero-order chi connectivity index (χ0) is 22.4. The van der Waals surface area contributed by atoms with Gasteiger partial charge in [0.25, 0.3) is 0 Å². The predicted octanol–water partition coefficient (Wildman–Crippen LogP) is 2.47. The third kappa shape index (κ3) is 3.91. The van der Waals surface area contributed by atoms with Gasteiger partial charge in [-0.05, 0) is 69.0 Å². The normalized spacial score (nSPS) is 19.2. The molecule has 1 atom stereocenters. The first kappa shape index (κ1) is 20.7. The Balaban J connectivity index is 1.20. The van der Waals surface area contributed by atoms with Crippen LogP contribution in [0.1, 0.15) is 29.7 Å². The Morgan fingerprint density at radius 2 is 2.15 bits per heavy atom. The number of anilines is 2. The van der Waals surface area contributed by atoms with Crippen LogP contribution in [0.4, 0.5) is 11.5 Å². The van der Waals surface area contributed by atoms with E-state index in [2.05, 4.69) is 31.2 Å². The number of hydrogen-bond donors (Lipinski definition) is 1. The van der Waals surface area contributed by atoms with Gasteiger partial charge in [-0.25, -0.2) is 9.97 Å². The van der Waals surface area contributed by atoms with Crippen LogP contribution in [0.2, 0.25) is 0 Å². The molecule has 1 aliphatic carbocycles. The molecule has 6 rings (SSSR count). The van der Waals surface area contributed by atoms with Crippen LogP contribution >= 0.6 is 11.3 Å². The molecule has 1 amide bonds. The number of aryl methyl sites for hydroxylation is 1. The molecule has 1 aromatic carbocycles. The van der Waals surface area contributed by atoms with Crippen molar-refractivity contribution in [3.8, 4) is 0 Å². The van der Waals surface area contributed by atoms with Crippen molar-refractivity contribution in [2.45, 2.75) is 32.1 Å². The molecule has 1 N–H and O–H groups in total. The van der Waals surface area contributed by atoms with E-state index in [9.17, 15) is 4.79 Å². The zero-order valence-electron chi connectivity index (χ0n) is 18.9. The standard InChI is InChI=1S/C25H28N6OS/c1-30(10-11-31-8-2-3-9-31)25(32)16-4-6-19-21(13-16)33-24-22(19)23(27-15-28-24)29-18-5-7-20-17(12-18)14-26-20/h5,7,12,14-16H,2-4,6,8-11,13H2,1H3,(H,27,28,29). The van der Waals surface area contributed by atoms with Crippen LogP contribution in [0.5, 0.6) is 0 Å². The molecular weight excluding hydrogens is 432 g/mol. The fraction of sp³-hybridized carbons (Fsp3) is 0.440. The summed E-state index contributed by atoms with van der Waals surface area (Å²) in [6, 6.07) is 6.16. The molecular formula is C25H28N6OS. The van der Waals surface area contributed by atoms with Gasteiger partial charge in [0.15, 0.2) is 0 Å². The summed E-state index contributed by atoms with van der Waals surface area (Å²) in [5.41, 5.74) is 2.32. The Bertz CT molecular complexity index is 1340. The highest BCUT2D eigenvalue weighted by Gasteiger charge is 2.30.